The van der Waals surface area contributed by atoms with E-state index in [0.29, 0.717) is 12.8 Å². The summed E-state index contributed by atoms with van der Waals surface area (Å²) in [6.45, 7) is 7.50. The lowest BCUT2D eigenvalue weighted by molar-refractivity contribution is -0.155. The molecule has 2 unspecified atom stereocenters. The van der Waals surface area contributed by atoms with Gasteiger partial charge in [-0.15, -0.1) is 0 Å². The first-order valence-electron chi connectivity index (χ1n) is 8.97. The van der Waals surface area contributed by atoms with Crippen molar-refractivity contribution in [3.05, 3.63) is 23.3 Å². The molecule has 1 spiro atoms. The van der Waals surface area contributed by atoms with Crippen LogP contribution in [0.1, 0.15) is 59.8 Å². The van der Waals surface area contributed by atoms with E-state index in [-0.39, 0.29) is 36.2 Å². The zero-order valence-corrected chi connectivity index (χ0v) is 15.4. The Morgan fingerprint density at radius 2 is 2.00 bits per heavy atom. The molecule has 1 aliphatic heterocycles. The second kappa shape index (κ2) is 6.11. The van der Waals surface area contributed by atoms with Gasteiger partial charge in [0.2, 0.25) is 0 Å². The van der Waals surface area contributed by atoms with E-state index in [4.69, 9.17) is 9.47 Å². The summed E-state index contributed by atoms with van der Waals surface area (Å²) < 4.78 is 11.2. The monoisotopic (exact) mass is 346 g/mol. The van der Waals surface area contributed by atoms with E-state index in [0.717, 1.165) is 18.4 Å². The number of ether oxygens (including phenoxy) is 2. The molecular formula is C20H26O5. The Bertz CT molecular complexity index is 684. The molecule has 0 amide bonds. The lowest BCUT2D eigenvalue weighted by Crippen LogP contribution is -2.33. The third kappa shape index (κ3) is 2.74. The van der Waals surface area contributed by atoms with E-state index in [1.54, 1.807) is 0 Å². The van der Waals surface area contributed by atoms with Gasteiger partial charge in [-0.2, -0.15) is 0 Å². The quantitative estimate of drug-likeness (QED) is 0.564. The summed E-state index contributed by atoms with van der Waals surface area (Å²) in [5.74, 6) is -0.854. The van der Waals surface area contributed by atoms with Gasteiger partial charge >= 0.3 is 11.9 Å². The Kier molecular flexibility index (Phi) is 4.38. The van der Waals surface area contributed by atoms with Gasteiger partial charge in [-0.1, -0.05) is 17.2 Å². The summed E-state index contributed by atoms with van der Waals surface area (Å²) in [5, 5.41) is 0. The van der Waals surface area contributed by atoms with Crippen molar-refractivity contribution in [3.8, 4) is 0 Å². The summed E-state index contributed by atoms with van der Waals surface area (Å²) in [5.41, 5.74) is 0.628. The molecule has 0 bridgehead atoms. The van der Waals surface area contributed by atoms with Gasteiger partial charge < -0.3 is 9.47 Å². The third-order valence-corrected chi connectivity index (χ3v) is 5.71. The molecule has 3 aliphatic rings. The van der Waals surface area contributed by atoms with Crippen LogP contribution in [0, 0.1) is 11.3 Å². The predicted octanol–water partition coefficient (Wildman–Crippen LogP) is 3.28. The maximum Gasteiger partial charge on any atom is 0.307 e. The van der Waals surface area contributed by atoms with Gasteiger partial charge in [0.05, 0.1) is 17.8 Å². The summed E-state index contributed by atoms with van der Waals surface area (Å²) in [4.78, 5) is 36.1. The Morgan fingerprint density at radius 3 is 2.64 bits per heavy atom. The molecule has 0 N–H and O–H groups in total. The minimum atomic E-state index is -0.910. The van der Waals surface area contributed by atoms with Gasteiger partial charge in [0, 0.05) is 13.3 Å². The summed E-state index contributed by atoms with van der Waals surface area (Å²) in [6, 6.07) is 0. The van der Waals surface area contributed by atoms with Gasteiger partial charge in [0.25, 0.3) is 0 Å². The van der Waals surface area contributed by atoms with Gasteiger partial charge in [-0.3, -0.25) is 14.4 Å². The lowest BCUT2D eigenvalue weighted by Gasteiger charge is -2.25. The van der Waals surface area contributed by atoms with Crippen LogP contribution in [0.15, 0.2) is 23.3 Å². The van der Waals surface area contributed by atoms with Gasteiger partial charge in [0.1, 0.15) is 11.9 Å². The summed E-state index contributed by atoms with van der Waals surface area (Å²) in [6.07, 6.45) is 6.47. The van der Waals surface area contributed by atoms with Crippen molar-refractivity contribution in [2.24, 2.45) is 11.3 Å². The molecule has 25 heavy (non-hydrogen) atoms. The molecule has 2 saturated carbocycles. The van der Waals surface area contributed by atoms with Crippen LogP contribution in [-0.4, -0.2) is 29.4 Å². The van der Waals surface area contributed by atoms with Crippen LogP contribution in [-0.2, 0) is 23.9 Å². The normalized spacial score (nSPS) is 36.2. The number of allylic oxidation sites excluding steroid dienone is 3. The highest BCUT2D eigenvalue weighted by Gasteiger charge is 2.89. The van der Waals surface area contributed by atoms with E-state index >= 15 is 0 Å². The highest BCUT2D eigenvalue weighted by molar-refractivity contribution is 6.00. The molecule has 3 rings (SSSR count). The summed E-state index contributed by atoms with van der Waals surface area (Å²) in [7, 11) is 0. The molecule has 3 fully saturated rings. The largest absolute Gasteiger partial charge is 0.462 e. The van der Waals surface area contributed by atoms with Crippen LogP contribution >= 0.6 is 0 Å². The van der Waals surface area contributed by atoms with Crippen molar-refractivity contribution in [1.82, 2.24) is 0 Å². The average molecular weight is 346 g/mol. The first kappa shape index (κ1) is 17.9. The van der Waals surface area contributed by atoms with Crippen molar-refractivity contribution in [1.29, 1.82) is 0 Å². The van der Waals surface area contributed by atoms with E-state index < -0.39 is 11.0 Å². The predicted molar refractivity (Wildman–Crippen MR) is 91.6 cm³/mol. The number of esters is 2. The second-order valence-electron chi connectivity index (χ2n) is 7.81. The molecule has 0 aromatic carbocycles. The Hall–Kier alpha value is -1.91. The van der Waals surface area contributed by atoms with E-state index in [2.05, 4.69) is 19.9 Å². The lowest BCUT2D eigenvalue weighted by atomic mass is 9.83. The van der Waals surface area contributed by atoms with Crippen LogP contribution in [0.5, 0.6) is 0 Å². The summed E-state index contributed by atoms with van der Waals surface area (Å²) >= 11 is 0. The molecule has 0 aromatic heterocycles. The third-order valence-electron chi connectivity index (χ3n) is 5.71. The minimum absolute atomic E-state index is 0.0695. The van der Waals surface area contributed by atoms with Gasteiger partial charge in [-0.05, 0) is 46.1 Å². The standard InChI is InChI=1S/C20H26O5/c1-12(2)6-5-7-13(3)10-20-18-15(24-14(4)21)8-9-16(22)19(18,20)11-17(23)25-20/h6,10,15,18H,5,7-9,11H2,1-4H3/b13-10+/t15-,18?,19?,20+/m1/s1. The molecule has 0 aromatic rings. The zero-order chi connectivity index (χ0) is 18.4. The number of fused-ring (bicyclic) bond motifs is 1. The minimum Gasteiger partial charge on any atom is -0.462 e. The molecule has 4 atom stereocenters. The van der Waals surface area contributed by atoms with Gasteiger partial charge in [-0.25, -0.2) is 0 Å². The SMILES string of the molecule is CC(=O)O[C@@H]1CCC(=O)C23CC(=O)O[C@@]2(/C=C(\C)CCC=C(C)C)C13. The first-order valence-corrected chi connectivity index (χ1v) is 8.97. The molecule has 136 valence electrons. The van der Waals surface area contributed by atoms with Gasteiger partial charge in [0.15, 0.2) is 5.60 Å². The first-order chi connectivity index (χ1) is 11.7. The van der Waals surface area contributed by atoms with Crippen molar-refractivity contribution in [2.45, 2.75) is 71.5 Å². The highest BCUT2D eigenvalue weighted by atomic mass is 16.6. The van der Waals surface area contributed by atoms with E-state index in [1.807, 2.05) is 13.0 Å². The molecule has 5 nitrogen and oxygen atoms in total. The molecule has 5 heteroatoms. The zero-order valence-electron chi connectivity index (χ0n) is 15.4. The Labute approximate surface area is 148 Å². The Balaban J connectivity index is 1.88. The molecule has 0 radical (unpaired) electrons. The maximum atomic E-state index is 12.7. The molecular weight excluding hydrogens is 320 g/mol. The van der Waals surface area contributed by atoms with Crippen LogP contribution in [0.3, 0.4) is 0 Å². The topological polar surface area (TPSA) is 69.7 Å². The Morgan fingerprint density at radius 1 is 1.28 bits per heavy atom. The number of rotatable bonds is 5. The maximum absolute atomic E-state index is 12.7. The van der Waals surface area contributed by atoms with Crippen LogP contribution in [0.4, 0.5) is 0 Å². The van der Waals surface area contributed by atoms with Crippen molar-refractivity contribution in [2.75, 3.05) is 0 Å². The van der Waals surface area contributed by atoms with E-state index in [1.165, 1.54) is 12.5 Å². The van der Waals surface area contributed by atoms with Crippen LogP contribution in [0.25, 0.3) is 0 Å². The number of carbonyl (C=O) groups is 3. The van der Waals surface area contributed by atoms with Crippen molar-refractivity contribution in [3.63, 3.8) is 0 Å². The molecule has 2 aliphatic carbocycles. The molecule has 1 saturated heterocycles. The number of hydrogen-bond donors (Lipinski definition) is 0. The van der Waals surface area contributed by atoms with E-state index in [9.17, 15) is 14.4 Å². The van der Waals surface area contributed by atoms with Crippen LogP contribution < -0.4 is 0 Å². The number of carbonyl (C=O) groups excluding carboxylic acids is 3. The second-order valence-corrected chi connectivity index (χ2v) is 7.81. The van der Waals surface area contributed by atoms with Crippen LogP contribution in [0.2, 0.25) is 0 Å². The fourth-order valence-electron chi connectivity index (χ4n) is 4.78. The number of hydrogen-bond acceptors (Lipinski definition) is 5. The smallest absolute Gasteiger partial charge is 0.307 e. The highest BCUT2D eigenvalue weighted by Crippen LogP contribution is 2.75. The van der Waals surface area contributed by atoms with Crippen molar-refractivity contribution < 1.29 is 23.9 Å². The number of Topliss-reactive ketones (excluding diaryl/α,β-unsaturated/α-hetero) is 1. The number of ketones is 1. The molecule has 1 heterocycles. The fourth-order valence-corrected chi connectivity index (χ4v) is 4.78. The fraction of sp³-hybridized carbons (Fsp3) is 0.650. The average Bonchev–Trinajstić information content (AvgIpc) is 2.90. The van der Waals surface area contributed by atoms with Crippen molar-refractivity contribution >= 4 is 17.7 Å².